The zero-order valence-electron chi connectivity index (χ0n) is 15.7. The SMILES string of the molecule is Cc1ccccc1COc1ccccc1CNCCCN1CCOCC1. The number of para-hydroxylation sites is 1. The Morgan fingerprint density at radius 2 is 1.73 bits per heavy atom. The lowest BCUT2D eigenvalue weighted by atomic mass is 10.1. The van der Waals surface area contributed by atoms with E-state index in [0.29, 0.717) is 6.61 Å². The summed E-state index contributed by atoms with van der Waals surface area (Å²) >= 11 is 0. The smallest absolute Gasteiger partial charge is 0.124 e. The monoisotopic (exact) mass is 354 g/mol. The number of nitrogens with zero attached hydrogens (tertiary/aromatic N) is 1. The van der Waals surface area contributed by atoms with E-state index in [4.69, 9.17) is 9.47 Å². The zero-order valence-corrected chi connectivity index (χ0v) is 15.7. The summed E-state index contributed by atoms with van der Waals surface area (Å²) in [5.74, 6) is 0.969. The first-order valence-electron chi connectivity index (χ1n) is 9.59. The molecule has 1 aliphatic rings. The van der Waals surface area contributed by atoms with Gasteiger partial charge in [-0.25, -0.2) is 0 Å². The van der Waals surface area contributed by atoms with Crippen molar-refractivity contribution < 1.29 is 9.47 Å². The van der Waals surface area contributed by atoms with E-state index in [-0.39, 0.29) is 0 Å². The maximum Gasteiger partial charge on any atom is 0.124 e. The number of hydrogen-bond acceptors (Lipinski definition) is 4. The standard InChI is InChI=1S/C22H30N2O2/c1-19-7-2-3-9-21(19)18-26-22-10-5-4-8-20(22)17-23-11-6-12-24-13-15-25-16-14-24/h2-5,7-10,23H,6,11-18H2,1H3. The van der Waals surface area contributed by atoms with Crippen molar-refractivity contribution in [3.05, 3.63) is 65.2 Å². The predicted molar refractivity (Wildman–Crippen MR) is 106 cm³/mol. The van der Waals surface area contributed by atoms with Crippen molar-refractivity contribution in [3.63, 3.8) is 0 Å². The quantitative estimate of drug-likeness (QED) is 0.700. The molecule has 0 amide bonds. The second kappa shape index (κ2) is 10.3. The van der Waals surface area contributed by atoms with E-state index in [9.17, 15) is 0 Å². The molecular formula is C22H30N2O2. The van der Waals surface area contributed by atoms with Crippen molar-refractivity contribution in [3.8, 4) is 5.75 Å². The van der Waals surface area contributed by atoms with Gasteiger partial charge in [0.15, 0.2) is 0 Å². The van der Waals surface area contributed by atoms with E-state index < -0.39 is 0 Å². The van der Waals surface area contributed by atoms with Gasteiger partial charge in [-0.15, -0.1) is 0 Å². The third-order valence-electron chi connectivity index (χ3n) is 4.86. The highest BCUT2D eigenvalue weighted by atomic mass is 16.5. The summed E-state index contributed by atoms with van der Waals surface area (Å²) < 4.78 is 11.5. The summed E-state index contributed by atoms with van der Waals surface area (Å²) in [6.07, 6.45) is 1.16. The molecule has 4 heteroatoms. The molecule has 1 N–H and O–H groups in total. The molecule has 0 aliphatic carbocycles. The largest absolute Gasteiger partial charge is 0.489 e. The number of ether oxygens (including phenoxy) is 2. The van der Waals surface area contributed by atoms with E-state index in [1.54, 1.807) is 0 Å². The van der Waals surface area contributed by atoms with Crippen molar-refractivity contribution in [2.75, 3.05) is 39.4 Å². The minimum absolute atomic E-state index is 0.612. The molecule has 2 aromatic rings. The molecule has 26 heavy (non-hydrogen) atoms. The van der Waals surface area contributed by atoms with Gasteiger partial charge in [0.25, 0.3) is 0 Å². The van der Waals surface area contributed by atoms with Crippen LogP contribution in [0.2, 0.25) is 0 Å². The highest BCUT2D eigenvalue weighted by Crippen LogP contribution is 2.20. The number of aryl methyl sites for hydroxylation is 1. The summed E-state index contributed by atoms with van der Waals surface area (Å²) in [6.45, 7) is 9.61. The Morgan fingerprint density at radius 1 is 1.00 bits per heavy atom. The van der Waals surface area contributed by atoms with Crippen molar-refractivity contribution in [2.24, 2.45) is 0 Å². The minimum atomic E-state index is 0.612. The van der Waals surface area contributed by atoms with Gasteiger partial charge in [-0.1, -0.05) is 42.5 Å². The van der Waals surface area contributed by atoms with E-state index in [1.807, 2.05) is 6.07 Å². The molecule has 0 spiro atoms. The van der Waals surface area contributed by atoms with Crippen molar-refractivity contribution in [1.29, 1.82) is 0 Å². The summed E-state index contributed by atoms with van der Waals surface area (Å²) in [7, 11) is 0. The molecular weight excluding hydrogens is 324 g/mol. The van der Waals surface area contributed by atoms with Gasteiger partial charge >= 0.3 is 0 Å². The molecule has 1 saturated heterocycles. The van der Waals surface area contributed by atoms with Crippen LogP contribution >= 0.6 is 0 Å². The molecule has 1 aliphatic heterocycles. The van der Waals surface area contributed by atoms with Crippen LogP contribution in [0.25, 0.3) is 0 Å². The lowest BCUT2D eigenvalue weighted by Crippen LogP contribution is -2.37. The first-order valence-corrected chi connectivity index (χ1v) is 9.59. The van der Waals surface area contributed by atoms with Crippen LogP contribution in [0.5, 0.6) is 5.75 Å². The molecule has 0 bridgehead atoms. The number of morpholine rings is 1. The fraction of sp³-hybridized carbons (Fsp3) is 0.455. The normalized spacial score (nSPS) is 15.1. The van der Waals surface area contributed by atoms with Crippen LogP contribution in [-0.4, -0.2) is 44.3 Å². The average molecular weight is 354 g/mol. The van der Waals surface area contributed by atoms with Gasteiger partial charge in [-0.2, -0.15) is 0 Å². The van der Waals surface area contributed by atoms with Gasteiger partial charge < -0.3 is 14.8 Å². The Balaban J connectivity index is 1.42. The maximum atomic E-state index is 6.09. The highest BCUT2D eigenvalue weighted by molar-refractivity contribution is 5.34. The Bertz CT molecular complexity index is 669. The summed E-state index contributed by atoms with van der Waals surface area (Å²) in [6, 6.07) is 16.7. The molecule has 1 fully saturated rings. The van der Waals surface area contributed by atoms with Crippen LogP contribution in [-0.2, 0) is 17.9 Å². The van der Waals surface area contributed by atoms with E-state index in [1.165, 1.54) is 16.7 Å². The molecule has 0 unspecified atom stereocenters. The summed E-state index contributed by atoms with van der Waals surface area (Å²) in [5, 5.41) is 3.55. The highest BCUT2D eigenvalue weighted by Gasteiger charge is 2.09. The van der Waals surface area contributed by atoms with Gasteiger partial charge in [-0.3, -0.25) is 4.90 Å². The first kappa shape index (κ1) is 18.9. The van der Waals surface area contributed by atoms with Crippen LogP contribution < -0.4 is 10.1 Å². The van der Waals surface area contributed by atoms with Gasteiger partial charge in [0.2, 0.25) is 0 Å². The third kappa shape index (κ3) is 5.84. The molecule has 0 aromatic heterocycles. The Hall–Kier alpha value is -1.88. The van der Waals surface area contributed by atoms with Crippen LogP contribution in [0.4, 0.5) is 0 Å². The van der Waals surface area contributed by atoms with Gasteiger partial charge in [0, 0.05) is 25.2 Å². The fourth-order valence-corrected chi connectivity index (χ4v) is 3.19. The topological polar surface area (TPSA) is 33.7 Å². The number of benzene rings is 2. The maximum absolute atomic E-state index is 6.09. The van der Waals surface area contributed by atoms with E-state index in [2.05, 4.69) is 59.6 Å². The summed E-state index contributed by atoms with van der Waals surface area (Å²) in [5.41, 5.74) is 3.72. The van der Waals surface area contributed by atoms with E-state index in [0.717, 1.165) is 58.1 Å². The molecule has 0 radical (unpaired) electrons. The Morgan fingerprint density at radius 3 is 2.54 bits per heavy atom. The number of rotatable bonds is 9. The Labute approximate surface area is 157 Å². The average Bonchev–Trinajstić information content (AvgIpc) is 2.69. The molecule has 1 heterocycles. The third-order valence-corrected chi connectivity index (χ3v) is 4.86. The van der Waals surface area contributed by atoms with Crippen LogP contribution in [0.15, 0.2) is 48.5 Å². The summed E-state index contributed by atoms with van der Waals surface area (Å²) in [4.78, 5) is 2.48. The van der Waals surface area contributed by atoms with Gasteiger partial charge in [0.1, 0.15) is 12.4 Å². The number of nitrogens with one attached hydrogen (secondary N) is 1. The lowest BCUT2D eigenvalue weighted by molar-refractivity contribution is 0.0374. The molecule has 140 valence electrons. The molecule has 2 aromatic carbocycles. The number of hydrogen-bond donors (Lipinski definition) is 1. The second-order valence-electron chi connectivity index (χ2n) is 6.81. The molecule has 0 atom stereocenters. The Kier molecular flexibility index (Phi) is 7.50. The first-order chi connectivity index (χ1) is 12.8. The molecule has 0 saturated carbocycles. The van der Waals surface area contributed by atoms with Crippen LogP contribution in [0, 0.1) is 6.92 Å². The van der Waals surface area contributed by atoms with Gasteiger partial charge in [-0.05, 0) is 43.6 Å². The molecule has 4 nitrogen and oxygen atoms in total. The van der Waals surface area contributed by atoms with Gasteiger partial charge in [0.05, 0.1) is 13.2 Å². The lowest BCUT2D eigenvalue weighted by Gasteiger charge is -2.26. The van der Waals surface area contributed by atoms with Crippen LogP contribution in [0.1, 0.15) is 23.1 Å². The minimum Gasteiger partial charge on any atom is -0.489 e. The second-order valence-corrected chi connectivity index (χ2v) is 6.81. The van der Waals surface area contributed by atoms with Crippen LogP contribution in [0.3, 0.4) is 0 Å². The zero-order chi connectivity index (χ0) is 18.0. The van der Waals surface area contributed by atoms with E-state index >= 15 is 0 Å². The predicted octanol–water partition coefficient (Wildman–Crippen LogP) is 3.39. The van der Waals surface area contributed by atoms with Crippen molar-refractivity contribution in [1.82, 2.24) is 10.2 Å². The molecule has 3 rings (SSSR count). The van der Waals surface area contributed by atoms with Crippen molar-refractivity contribution >= 4 is 0 Å². The fourth-order valence-electron chi connectivity index (χ4n) is 3.19. The van der Waals surface area contributed by atoms with Crippen molar-refractivity contribution in [2.45, 2.75) is 26.5 Å².